The zero-order valence-electron chi connectivity index (χ0n) is 18.8. The quantitative estimate of drug-likeness (QED) is 0.665. The van der Waals surface area contributed by atoms with E-state index in [1.165, 1.54) is 11.0 Å². The number of halogens is 1. The van der Waals surface area contributed by atoms with E-state index < -0.39 is 16.1 Å². The first kappa shape index (κ1) is 23.9. The van der Waals surface area contributed by atoms with Crippen LogP contribution in [0.15, 0.2) is 41.3 Å². The number of benzene rings is 2. The Labute approximate surface area is 199 Å². The van der Waals surface area contributed by atoms with Crippen LogP contribution in [0.25, 0.3) is 10.8 Å². The molecular formula is C23H29ClN4O4S. The van der Waals surface area contributed by atoms with Crippen molar-refractivity contribution >= 4 is 44.2 Å². The second-order valence-corrected chi connectivity index (χ2v) is 11.1. The fourth-order valence-corrected chi connectivity index (χ4v) is 6.06. The van der Waals surface area contributed by atoms with Gasteiger partial charge in [0.15, 0.2) is 0 Å². The van der Waals surface area contributed by atoms with Gasteiger partial charge in [-0.3, -0.25) is 9.59 Å². The largest absolute Gasteiger partial charge is 0.338 e. The van der Waals surface area contributed by atoms with Crippen molar-refractivity contribution in [3.05, 3.63) is 41.4 Å². The summed E-state index contributed by atoms with van der Waals surface area (Å²) in [6.45, 7) is 5.63. The average molecular weight is 493 g/mol. The maximum atomic E-state index is 13.0. The van der Waals surface area contributed by atoms with Gasteiger partial charge in [0.1, 0.15) is 6.04 Å². The molecule has 0 saturated carbocycles. The van der Waals surface area contributed by atoms with E-state index in [1.807, 2.05) is 13.8 Å². The third kappa shape index (κ3) is 5.48. The van der Waals surface area contributed by atoms with E-state index >= 15 is 0 Å². The number of piperidine rings is 1. The van der Waals surface area contributed by atoms with Crippen LogP contribution in [0, 0.1) is 0 Å². The first-order valence-electron chi connectivity index (χ1n) is 11.2. The highest BCUT2D eigenvalue weighted by Crippen LogP contribution is 2.23. The lowest BCUT2D eigenvalue weighted by molar-refractivity contribution is -0.144. The van der Waals surface area contributed by atoms with E-state index in [0.717, 1.165) is 10.8 Å². The Kier molecular flexibility index (Phi) is 6.95. The Morgan fingerprint density at radius 1 is 1.12 bits per heavy atom. The second kappa shape index (κ2) is 9.58. The van der Waals surface area contributed by atoms with Crippen molar-refractivity contribution in [2.75, 3.05) is 26.2 Å². The number of nitrogens with one attached hydrogen (secondary N) is 2. The third-order valence-corrected chi connectivity index (χ3v) is 7.85. The molecule has 2 aromatic carbocycles. The Hall–Kier alpha value is -2.20. The molecule has 2 heterocycles. The number of sulfonamides is 1. The van der Waals surface area contributed by atoms with Crippen LogP contribution in [0.4, 0.5) is 0 Å². The Balaban J connectivity index is 1.44. The van der Waals surface area contributed by atoms with Crippen molar-refractivity contribution < 1.29 is 18.0 Å². The van der Waals surface area contributed by atoms with Crippen molar-refractivity contribution in [1.82, 2.24) is 19.8 Å². The van der Waals surface area contributed by atoms with Gasteiger partial charge in [-0.1, -0.05) is 23.7 Å². The minimum atomic E-state index is -3.92. The molecule has 0 radical (unpaired) electrons. The van der Waals surface area contributed by atoms with Crippen molar-refractivity contribution in [1.29, 1.82) is 0 Å². The maximum absolute atomic E-state index is 13.0. The minimum absolute atomic E-state index is 0.0345. The molecule has 0 spiro atoms. The van der Waals surface area contributed by atoms with Crippen LogP contribution in [0.2, 0.25) is 5.02 Å². The standard InChI is InChI=1S/C23H29ClN4O4S/c1-15-12-28(13-16(2)25-15)22(29)14-27-9-3-4-21(23(27)30)26-33(31,32)20-8-6-17-10-19(24)7-5-18(17)11-20/h5-8,10-11,15-16,21,25-26H,3-4,9,12-14H2,1-2H3/t15?,16?,21-/m0/s1. The van der Waals surface area contributed by atoms with Crippen LogP contribution < -0.4 is 10.0 Å². The minimum Gasteiger partial charge on any atom is -0.338 e. The van der Waals surface area contributed by atoms with Gasteiger partial charge < -0.3 is 15.1 Å². The van der Waals surface area contributed by atoms with E-state index in [-0.39, 0.29) is 35.3 Å². The lowest BCUT2D eigenvalue weighted by atomic mass is 10.1. The van der Waals surface area contributed by atoms with E-state index in [1.54, 1.807) is 35.2 Å². The summed E-state index contributed by atoms with van der Waals surface area (Å²) in [6, 6.07) is 9.47. The summed E-state index contributed by atoms with van der Waals surface area (Å²) in [6.07, 6.45) is 1.02. The molecule has 10 heteroatoms. The molecule has 2 aliphatic heterocycles. The maximum Gasteiger partial charge on any atom is 0.242 e. The van der Waals surface area contributed by atoms with Crippen molar-refractivity contribution in [2.45, 2.75) is 49.7 Å². The second-order valence-electron chi connectivity index (χ2n) is 9.00. The van der Waals surface area contributed by atoms with Crippen LogP contribution in [0.3, 0.4) is 0 Å². The molecule has 2 fully saturated rings. The predicted molar refractivity (Wildman–Crippen MR) is 128 cm³/mol. The van der Waals surface area contributed by atoms with Gasteiger partial charge in [-0.25, -0.2) is 8.42 Å². The average Bonchev–Trinajstić information content (AvgIpc) is 2.75. The van der Waals surface area contributed by atoms with Gasteiger partial charge in [0.05, 0.1) is 11.4 Å². The van der Waals surface area contributed by atoms with Gasteiger partial charge in [-0.2, -0.15) is 4.72 Å². The highest BCUT2D eigenvalue weighted by Gasteiger charge is 2.35. The fraction of sp³-hybridized carbons (Fsp3) is 0.478. The molecular weight excluding hydrogens is 464 g/mol. The Morgan fingerprint density at radius 3 is 2.52 bits per heavy atom. The molecule has 2 aromatic rings. The van der Waals surface area contributed by atoms with Crippen molar-refractivity contribution in [3.63, 3.8) is 0 Å². The first-order chi connectivity index (χ1) is 15.6. The predicted octanol–water partition coefficient (Wildman–Crippen LogP) is 1.97. The van der Waals surface area contributed by atoms with Crippen LogP contribution >= 0.6 is 11.6 Å². The van der Waals surface area contributed by atoms with Crippen LogP contribution in [-0.2, 0) is 19.6 Å². The lowest BCUT2D eigenvalue weighted by Gasteiger charge is -2.38. The molecule has 2 unspecified atom stereocenters. The molecule has 178 valence electrons. The molecule has 2 saturated heterocycles. The number of carbonyl (C=O) groups is 2. The third-order valence-electron chi connectivity index (χ3n) is 6.15. The van der Waals surface area contributed by atoms with Crippen LogP contribution in [-0.4, -0.2) is 74.3 Å². The SMILES string of the molecule is CC1CN(C(=O)CN2CCC[C@H](NS(=O)(=O)c3ccc4cc(Cl)ccc4c3)C2=O)CC(C)N1. The van der Waals surface area contributed by atoms with Gasteiger partial charge in [0, 0.05) is 36.7 Å². The number of carbonyl (C=O) groups excluding carboxylic acids is 2. The number of rotatable bonds is 5. The number of hydrogen-bond donors (Lipinski definition) is 2. The normalized spacial score (nSPS) is 24.3. The van der Waals surface area contributed by atoms with Crippen molar-refractivity contribution in [2.24, 2.45) is 0 Å². The molecule has 0 aliphatic carbocycles. The summed E-state index contributed by atoms with van der Waals surface area (Å²) in [5.74, 6) is -0.470. The number of hydrogen-bond acceptors (Lipinski definition) is 5. The van der Waals surface area contributed by atoms with E-state index in [4.69, 9.17) is 11.6 Å². The molecule has 0 aromatic heterocycles. The van der Waals surface area contributed by atoms with Gasteiger partial charge in [0.25, 0.3) is 0 Å². The van der Waals surface area contributed by atoms with Crippen molar-refractivity contribution in [3.8, 4) is 0 Å². The van der Waals surface area contributed by atoms with Gasteiger partial charge in [-0.05, 0) is 61.7 Å². The summed E-state index contributed by atoms with van der Waals surface area (Å²) in [5, 5.41) is 5.52. The number of amides is 2. The molecule has 8 nitrogen and oxygen atoms in total. The zero-order valence-corrected chi connectivity index (χ0v) is 20.3. The van der Waals surface area contributed by atoms with Gasteiger partial charge >= 0.3 is 0 Å². The highest BCUT2D eigenvalue weighted by atomic mass is 35.5. The van der Waals surface area contributed by atoms with Gasteiger partial charge in [0.2, 0.25) is 21.8 Å². The number of likely N-dealkylation sites (tertiary alicyclic amines) is 1. The van der Waals surface area contributed by atoms with Gasteiger partial charge in [-0.15, -0.1) is 0 Å². The fourth-order valence-electron chi connectivity index (χ4n) is 4.62. The first-order valence-corrected chi connectivity index (χ1v) is 13.0. The lowest BCUT2D eigenvalue weighted by Crippen LogP contribution is -2.59. The number of fused-ring (bicyclic) bond motifs is 1. The van der Waals surface area contributed by atoms with E-state index in [0.29, 0.717) is 37.5 Å². The monoisotopic (exact) mass is 492 g/mol. The summed E-state index contributed by atoms with van der Waals surface area (Å²) in [5.41, 5.74) is 0. The number of nitrogens with zero attached hydrogens (tertiary/aromatic N) is 2. The molecule has 2 N–H and O–H groups in total. The molecule has 2 amide bonds. The number of piperazine rings is 1. The van der Waals surface area contributed by atoms with Crippen LogP contribution in [0.1, 0.15) is 26.7 Å². The molecule has 33 heavy (non-hydrogen) atoms. The molecule has 2 aliphatic rings. The summed E-state index contributed by atoms with van der Waals surface area (Å²) >= 11 is 6.00. The Bertz CT molecular complexity index is 1160. The van der Waals surface area contributed by atoms with E-state index in [9.17, 15) is 18.0 Å². The van der Waals surface area contributed by atoms with Crippen LogP contribution in [0.5, 0.6) is 0 Å². The summed E-state index contributed by atoms with van der Waals surface area (Å²) < 4.78 is 28.6. The Morgan fingerprint density at radius 2 is 1.79 bits per heavy atom. The van der Waals surface area contributed by atoms with E-state index in [2.05, 4.69) is 10.0 Å². The summed E-state index contributed by atoms with van der Waals surface area (Å²) in [4.78, 5) is 29.2. The summed E-state index contributed by atoms with van der Waals surface area (Å²) in [7, 11) is -3.92. The molecule has 4 rings (SSSR count). The smallest absolute Gasteiger partial charge is 0.242 e. The zero-order chi connectivity index (χ0) is 23.8. The molecule has 0 bridgehead atoms. The topological polar surface area (TPSA) is 98.8 Å². The highest BCUT2D eigenvalue weighted by molar-refractivity contribution is 7.89. The molecule has 3 atom stereocenters.